The molecule has 0 atom stereocenters. The van der Waals surface area contributed by atoms with Gasteiger partial charge in [0.05, 0.1) is 0 Å². The van der Waals surface area contributed by atoms with Crippen molar-refractivity contribution in [3.63, 3.8) is 0 Å². The summed E-state index contributed by atoms with van der Waals surface area (Å²) in [6.45, 7) is 3.50. The molecule has 1 aliphatic rings. The standard InChI is InChI=1S/C8H8O3/c1-2-3-4-6-5-7(9)11-8(6)10/h2,5H,1,3-4H2. The molecule has 0 spiro atoms. The largest absolute Gasteiger partial charge is 0.386 e. The predicted molar refractivity (Wildman–Crippen MR) is 38.6 cm³/mol. The van der Waals surface area contributed by atoms with Gasteiger partial charge in [0.1, 0.15) is 0 Å². The lowest BCUT2D eigenvalue weighted by Crippen LogP contribution is -2.01. The van der Waals surface area contributed by atoms with Crippen LogP contribution in [0.15, 0.2) is 24.3 Å². The van der Waals surface area contributed by atoms with Crippen molar-refractivity contribution in [2.75, 3.05) is 0 Å². The second-order valence-electron chi connectivity index (χ2n) is 2.21. The Hall–Kier alpha value is -1.38. The lowest BCUT2D eigenvalue weighted by Gasteiger charge is -1.92. The van der Waals surface area contributed by atoms with E-state index in [4.69, 9.17) is 0 Å². The number of hydrogen-bond donors (Lipinski definition) is 0. The van der Waals surface area contributed by atoms with E-state index in [0.29, 0.717) is 18.4 Å². The number of allylic oxidation sites excluding steroid dienone is 1. The Kier molecular flexibility index (Phi) is 2.21. The van der Waals surface area contributed by atoms with Gasteiger partial charge in [-0.2, -0.15) is 0 Å². The molecule has 1 rings (SSSR count). The Balaban J connectivity index is 2.56. The van der Waals surface area contributed by atoms with E-state index >= 15 is 0 Å². The van der Waals surface area contributed by atoms with Crippen LogP contribution in [0.5, 0.6) is 0 Å². The van der Waals surface area contributed by atoms with E-state index in [0.717, 1.165) is 0 Å². The molecule has 0 saturated carbocycles. The smallest absolute Gasteiger partial charge is 0.342 e. The number of ether oxygens (including phenoxy) is 1. The molecule has 0 aromatic rings. The van der Waals surface area contributed by atoms with Crippen molar-refractivity contribution in [3.05, 3.63) is 24.3 Å². The highest BCUT2D eigenvalue weighted by atomic mass is 16.6. The molecule has 0 saturated heterocycles. The maximum absolute atomic E-state index is 10.7. The van der Waals surface area contributed by atoms with Gasteiger partial charge in [-0.1, -0.05) is 6.08 Å². The van der Waals surface area contributed by atoms with E-state index in [1.807, 2.05) is 0 Å². The first-order chi connectivity index (χ1) is 5.24. The van der Waals surface area contributed by atoms with Crippen molar-refractivity contribution in [2.24, 2.45) is 0 Å². The molecular weight excluding hydrogens is 144 g/mol. The average Bonchev–Trinajstić information content (AvgIpc) is 2.26. The number of cyclic esters (lactones) is 2. The number of carbonyl (C=O) groups excluding carboxylic acids is 2. The molecular formula is C8H8O3. The summed E-state index contributed by atoms with van der Waals surface area (Å²) >= 11 is 0. The van der Waals surface area contributed by atoms with Gasteiger partial charge in [-0.25, -0.2) is 9.59 Å². The average molecular weight is 152 g/mol. The number of rotatable bonds is 3. The Labute approximate surface area is 64.3 Å². The van der Waals surface area contributed by atoms with Gasteiger partial charge >= 0.3 is 11.9 Å². The van der Waals surface area contributed by atoms with Gasteiger partial charge in [0.2, 0.25) is 0 Å². The molecule has 0 aromatic carbocycles. The molecule has 0 fully saturated rings. The van der Waals surface area contributed by atoms with Crippen LogP contribution in [0.2, 0.25) is 0 Å². The fourth-order valence-corrected chi connectivity index (χ4v) is 0.819. The van der Waals surface area contributed by atoms with Crippen molar-refractivity contribution in [3.8, 4) is 0 Å². The molecule has 3 heteroatoms. The molecule has 0 N–H and O–H groups in total. The highest BCUT2D eigenvalue weighted by Gasteiger charge is 2.22. The van der Waals surface area contributed by atoms with Gasteiger partial charge in [-0.3, -0.25) is 0 Å². The van der Waals surface area contributed by atoms with Gasteiger partial charge < -0.3 is 4.74 Å². The first-order valence-corrected chi connectivity index (χ1v) is 3.31. The molecule has 0 bridgehead atoms. The van der Waals surface area contributed by atoms with Gasteiger partial charge in [0.15, 0.2) is 0 Å². The topological polar surface area (TPSA) is 43.4 Å². The van der Waals surface area contributed by atoms with Crippen molar-refractivity contribution in [1.29, 1.82) is 0 Å². The van der Waals surface area contributed by atoms with E-state index in [1.54, 1.807) is 6.08 Å². The van der Waals surface area contributed by atoms with Gasteiger partial charge in [-0.15, -0.1) is 6.58 Å². The predicted octanol–water partition coefficient (Wildman–Crippen LogP) is 0.962. The van der Waals surface area contributed by atoms with Crippen LogP contribution in [-0.2, 0) is 14.3 Å². The van der Waals surface area contributed by atoms with Crippen LogP contribution >= 0.6 is 0 Å². The molecule has 1 aliphatic heterocycles. The lowest BCUT2D eigenvalue weighted by molar-refractivity contribution is -0.150. The molecule has 0 unspecified atom stereocenters. The zero-order valence-corrected chi connectivity index (χ0v) is 6.00. The van der Waals surface area contributed by atoms with Crippen LogP contribution in [0.25, 0.3) is 0 Å². The molecule has 1 heterocycles. The second kappa shape index (κ2) is 3.14. The van der Waals surface area contributed by atoms with Crippen LogP contribution in [0.3, 0.4) is 0 Å². The van der Waals surface area contributed by atoms with Crippen molar-refractivity contribution in [2.45, 2.75) is 12.8 Å². The summed E-state index contributed by atoms with van der Waals surface area (Å²) in [5, 5.41) is 0. The zero-order chi connectivity index (χ0) is 8.27. The third-order valence-corrected chi connectivity index (χ3v) is 1.37. The van der Waals surface area contributed by atoms with Crippen molar-refractivity contribution >= 4 is 11.9 Å². The van der Waals surface area contributed by atoms with Crippen LogP contribution in [0.1, 0.15) is 12.8 Å². The quantitative estimate of drug-likeness (QED) is 0.343. The lowest BCUT2D eigenvalue weighted by atomic mass is 10.1. The summed E-state index contributed by atoms with van der Waals surface area (Å²) in [4.78, 5) is 21.2. The Morgan fingerprint density at radius 2 is 2.27 bits per heavy atom. The van der Waals surface area contributed by atoms with E-state index in [-0.39, 0.29) is 0 Å². The minimum Gasteiger partial charge on any atom is -0.386 e. The maximum atomic E-state index is 10.7. The number of esters is 2. The Morgan fingerprint density at radius 3 is 2.73 bits per heavy atom. The fraction of sp³-hybridized carbons (Fsp3) is 0.250. The zero-order valence-electron chi connectivity index (χ0n) is 6.00. The molecule has 11 heavy (non-hydrogen) atoms. The molecule has 58 valence electrons. The van der Waals surface area contributed by atoms with Crippen LogP contribution in [0.4, 0.5) is 0 Å². The minimum absolute atomic E-state index is 0.440. The monoisotopic (exact) mass is 152 g/mol. The van der Waals surface area contributed by atoms with E-state index in [1.165, 1.54) is 6.08 Å². The Bertz CT molecular complexity index is 238. The number of hydrogen-bond acceptors (Lipinski definition) is 3. The Morgan fingerprint density at radius 1 is 1.55 bits per heavy atom. The minimum atomic E-state index is -0.561. The maximum Gasteiger partial charge on any atom is 0.342 e. The van der Waals surface area contributed by atoms with Crippen LogP contribution in [0, 0.1) is 0 Å². The molecule has 0 aliphatic carbocycles. The van der Waals surface area contributed by atoms with Gasteiger partial charge in [0.25, 0.3) is 0 Å². The van der Waals surface area contributed by atoms with Crippen molar-refractivity contribution < 1.29 is 14.3 Å². The fourth-order valence-electron chi connectivity index (χ4n) is 0.819. The number of carbonyl (C=O) groups is 2. The van der Waals surface area contributed by atoms with Crippen LogP contribution < -0.4 is 0 Å². The second-order valence-corrected chi connectivity index (χ2v) is 2.21. The first kappa shape index (κ1) is 7.72. The summed E-state index contributed by atoms with van der Waals surface area (Å²) in [6.07, 6.45) is 4.14. The SMILES string of the molecule is C=CCCC1=CC(=O)OC1=O. The van der Waals surface area contributed by atoms with E-state index < -0.39 is 11.9 Å². The highest BCUT2D eigenvalue weighted by molar-refractivity contribution is 6.08. The van der Waals surface area contributed by atoms with E-state index in [2.05, 4.69) is 11.3 Å². The summed E-state index contributed by atoms with van der Waals surface area (Å²) < 4.78 is 4.27. The summed E-state index contributed by atoms with van der Waals surface area (Å²) in [5.74, 6) is -1.08. The van der Waals surface area contributed by atoms with Gasteiger partial charge in [0, 0.05) is 11.6 Å². The molecule has 0 radical (unpaired) electrons. The normalized spacial score (nSPS) is 16.2. The highest BCUT2D eigenvalue weighted by Crippen LogP contribution is 2.13. The summed E-state index contributed by atoms with van der Waals surface area (Å²) in [6, 6.07) is 0. The summed E-state index contributed by atoms with van der Waals surface area (Å²) in [7, 11) is 0. The molecule has 3 nitrogen and oxygen atoms in total. The third kappa shape index (κ3) is 1.77. The molecule has 0 amide bonds. The first-order valence-electron chi connectivity index (χ1n) is 3.31. The van der Waals surface area contributed by atoms with Crippen LogP contribution in [-0.4, -0.2) is 11.9 Å². The third-order valence-electron chi connectivity index (χ3n) is 1.37. The summed E-state index contributed by atoms with van der Waals surface area (Å²) in [5.41, 5.74) is 0.440. The van der Waals surface area contributed by atoms with Gasteiger partial charge in [-0.05, 0) is 12.8 Å². The molecule has 0 aromatic heterocycles. The van der Waals surface area contributed by atoms with E-state index in [9.17, 15) is 9.59 Å². The van der Waals surface area contributed by atoms with Crippen molar-refractivity contribution in [1.82, 2.24) is 0 Å².